The summed E-state index contributed by atoms with van der Waals surface area (Å²) in [5.74, 6) is 0.376. The van der Waals surface area contributed by atoms with Crippen molar-refractivity contribution >= 4 is 34.5 Å². The van der Waals surface area contributed by atoms with E-state index in [1.54, 1.807) is 0 Å². The minimum atomic E-state index is -0.449. The van der Waals surface area contributed by atoms with Crippen molar-refractivity contribution in [3.8, 4) is 0 Å². The number of piperidine rings is 1. The molecule has 1 saturated heterocycles. The van der Waals surface area contributed by atoms with Crippen LogP contribution in [-0.2, 0) is 15.1 Å². The van der Waals surface area contributed by atoms with Gasteiger partial charge in [-0.1, -0.05) is 28.1 Å². The van der Waals surface area contributed by atoms with Crippen LogP contribution in [0.15, 0.2) is 28.7 Å². The first kappa shape index (κ1) is 14.9. The molecule has 0 aromatic heterocycles. The lowest BCUT2D eigenvalue weighted by Gasteiger charge is -2.36. The maximum atomic E-state index is 11.9. The van der Waals surface area contributed by atoms with Crippen molar-refractivity contribution in [1.82, 2.24) is 0 Å². The summed E-state index contributed by atoms with van der Waals surface area (Å²) in [6, 6.07) is 8.09. The van der Waals surface area contributed by atoms with E-state index in [0.29, 0.717) is 12.2 Å². The third kappa shape index (κ3) is 3.74. The van der Waals surface area contributed by atoms with E-state index in [-0.39, 0.29) is 5.97 Å². The molecular weight excluding hydrogens is 326 g/mol. The second-order valence-electron chi connectivity index (χ2n) is 4.81. The molecule has 0 atom stereocenters. The van der Waals surface area contributed by atoms with Crippen LogP contribution >= 0.6 is 28.6 Å². The van der Waals surface area contributed by atoms with Gasteiger partial charge in [-0.25, -0.2) is 0 Å². The summed E-state index contributed by atoms with van der Waals surface area (Å²) < 4.78 is 6.86. The van der Waals surface area contributed by atoms with Crippen molar-refractivity contribution < 1.29 is 14.8 Å². The van der Waals surface area contributed by atoms with E-state index in [1.807, 2.05) is 24.3 Å². The third-order valence-electron chi connectivity index (χ3n) is 3.50. The average Bonchev–Trinajstić information content (AvgIpc) is 2.40. The van der Waals surface area contributed by atoms with Crippen LogP contribution < -0.4 is 5.32 Å². The van der Waals surface area contributed by atoms with Crippen LogP contribution in [0.25, 0.3) is 0 Å². The SMILES string of the molecule is O=C(CCS)OC1(c2ccc(Br)cc2)CC[NH2+]CC1. The summed E-state index contributed by atoms with van der Waals surface area (Å²) in [5.41, 5.74) is 0.645. The standard InChI is InChI=1S/C14H18BrNO2S/c15-12-3-1-11(2-4-12)14(6-8-16-9-7-14)18-13(17)5-10-19/h1-4,16,19H,5-10H2/p+1. The first-order chi connectivity index (χ1) is 9.16. The second kappa shape index (κ2) is 6.77. The van der Waals surface area contributed by atoms with Gasteiger partial charge in [-0.15, -0.1) is 0 Å². The molecule has 1 aliphatic rings. The summed E-state index contributed by atoms with van der Waals surface area (Å²) in [6.45, 7) is 1.98. The first-order valence-corrected chi connectivity index (χ1v) is 7.99. The molecule has 0 amide bonds. The van der Waals surface area contributed by atoms with E-state index >= 15 is 0 Å². The van der Waals surface area contributed by atoms with E-state index < -0.39 is 5.60 Å². The van der Waals surface area contributed by atoms with E-state index in [4.69, 9.17) is 4.74 Å². The summed E-state index contributed by atoms with van der Waals surface area (Å²) >= 11 is 7.53. The molecule has 0 bridgehead atoms. The fraction of sp³-hybridized carbons (Fsp3) is 0.500. The van der Waals surface area contributed by atoms with Gasteiger partial charge in [0, 0.05) is 23.1 Å². The molecule has 2 rings (SSSR count). The normalized spacial score (nSPS) is 18.0. The molecule has 1 heterocycles. The van der Waals surface area contributed by atoms with Crippen molar-refractivity contribution in [3.05, 3.63) is 34.3 Å². The Kier molecular flexibility index (Phi) is 5.30. The molecule has 1 aromatic rings. The molecule has 0 unspecified atom stereocenters. The quantitative estimate of drug-likeness (QED) is 0.646. The van der Waals surface area contributed by atoms with Gasteiger partial charge in [0.1, 0.15) is 5.60 Å². The molecule has 3 nitrogen and oxygen atoms in total. The predicted molar refractivity (Wildman–Crippen MR) is 81.3 cm³/mol. The fourth-order valence-corrected chi connectivity index (χ4v) is 2.95. The summed E-state index contributed by atoms with van der Waals surface area (Å²) in [5, 5.41) is 2.27. The Morgan fingerprint density at radius 2 is 1.95 bits per heavy atom. The Labute approximate surface area is 127 Å². The maximum absolute atomic E-state index is 11.9. The van der Waals surface area contributed by atoms with Gasteiger partial charge in [0.05, 0.1) is 19.5 Å². The molecule has 1 aliphatic heterocycles. The van der Waals surface area contributed by atoms with Gasteiger partial charge in [0.25, 0.3) is 0 Å². The second-order valence-corrected chi connectivity index (χ2v) is 6.18. The van der Waals surface area contributed by atoms with Gasteiger partial charge < -0.3 is 10.1 Å². The lowest BCUT2D eigenvalue weighted by Crippen LogP contribution is -2.87. The number of hydrogen-bond donors (Lipinski definition) is 2. The average molecular weight is 345 g/mol. The van der Waals surface area contributed by atoms with Gasteiger partial charge in [-0.2, -0.15) is 12.6 Å². The number of hydrogen-bond acceptors (Lipinski definition) is 3. The molecule has 1 aromatic carbocycles. The Morgan fingerprint density at radius 3 is 2.53 bits per heavy atom. The van der Waals surface area contributed by atoms with Gasteiger partial charge in [-0.3, -0.25) is 4.79 Å². The molecule has 0 saturated carbocycles. The zero-order valence-electron chi connectivity index (χ0n) is 10.8. The predicted octanol–water partition coefficient (Wildman–Crippen LogP) is 1.86. The van der Waals surface area contributed by atoms with E-state index in [9.17, 15) is 4.79 Å². The lowest BCUT2D eigenvalue weighted by molar-refractivity contribution is -0.668. The van der Waals surface area contributed by atoms with Gasteiger partial charge >= 0.3 is 5.97 Å². The molecule has 0 spiro atoms. The number of halogens is 1. The number of carbonyl (C=O) groups is 1. The number of benzene rings is 1. The van der Waals surface area contributed by atoms with Gasteiger partial charge in [0.15, 0.2) is 0 Å². The highest BCUT2D eigenvalue weighted by Crippen LogP contribution is 2.34. The van der Waals surface area contributed by atoms with Crippen LogP contribution in [0.1, 0.15) is 24.8 Å². The van der Waals surface area contributed by atoms with Crippen molar-refractivity contribution in [2.24, 2.45) is 0 Å². The molecule has 19 heavy (non-hydrogen) atoms. The first-order valence-electron chi connectivity index (χ1n) is 6.57. The van der Waals surface area contributed by atoms with Gasteiger partial charge in [-0.05, 0) is 17.7 Å². The van der Waals surface area contributed by atoms with E-state index in [0.717, 1.165) is 36.0 Å². The maximum Gasteiger partial charge on any atom is 0.307 e. The number of nitrogens with two attached hydrogens (primary N) is 1. The highest BCUT2D eigenvalue weighted by Gasteiger charge is 2.39. The minimum absolute atomic E-state index is 0.153. The fourth-order valence-electron chi connectivity index (χ4n) is 2.50. The smallest absolute Gasteiger partial charge is 0.307 e. The number of quaternary nitrogens is 1. The Morgan fingerprint density at radius 1 is 1.32 bits per heavy atom. The molecule has 2 N–H and O–H groups in total. The lowest BCUT2D eigenvalue weighted by atomic mass is 9.85. The Hall–Kier alpha value is -0.520. The van der Waals surface area contributed by atoms with Gasteiger partial charge in [0.2, 0.25) is 0 Å². The number of thiol groups is 1. The number of rotatable bonds is 4. The van der Waals surface area contributed by atoms with Crippen LogP contribution in [0.5, 0.6) is 0 Å². The number of carbonyl (C=O) groups excluding carboxylic acids is 1. The zero-order valence-corrected chi connectivity index (χ0v) is 13.3. The molecule has 5 heteroatoms. The monoisotopic (exact) mass is 344 g/mol. The highest BCUT2D eigenvalue weighted by atomic mass is 79.9. The molecule has 1 fully saturated rings. The molecule has 104 valence electrons. The zero-order chi connectivity index (χ0) is 13.7. The van der Waals surface area contributed by atoms with Crippen molar-refractivity contribution in [3.63, 3.8) is 0 Å². The third-order valence-corrected chi connectivity index (χ3v) is 4.25. The van der Waals surface area contributed by atoms with E-state index in [2.05, 4.69) is 33.9 Å². The Bertz CT molecular complexity index is 430. The van der Waals surface area contributed by atoms with Crippen molar-refractivity contribution in [2.45, 2.75) is 24.9 Å². The van der Waals surface area contributed by atoms with Crippen molar-refractivity contribution in [1.29, 1.82) is 0 Å². The number of ether oxygens (including phenoxy) is 1. The summed E-state index contributed by atoms with van der Waals surface area (Å²) in [6.07, 6.45) is 2.10. The van der Waals surface area contributed by atoms with Crippen molar-refractivity contribution in [2.75, 3.05) is 18.8 Å². The van der Waals surface area contributed by atoms with E-state index in [1.165, 1.54) is 0 Å². The molecule has 0 radical (unpaired) electrons. The molecule has 0 aliphatic carbocycles. The molecular formula is C14H19BrNO2S+. The van der Waals surface area contributed by atoms with Crippen LogP contribution in [-0.4, -0.2) is 24.8 Å². The van der Waals surface area contributed by atoms with Crippen LogP contribution in [0.4, 0.5) is 0 Å². The number of esters is 1. The summed E-state index contributed by atoms with van der Waals surface area (Å²) in [4.78, 5) is 11.9. The largest absolute Gasteiger partial charge is 0.454 e. The van der Waals surface area contributed by atoms with Crippen LogP contribution in [0, 0.1) is 0 Å². The Balaban J connectivity index is 2.23. The highest BCUT2D eigenvalue weighted by molar-refractivity contribution is 9.10. The van der Waals surface area contributed by atoms with Crippen LogP contribution in [0.2, 0.25) is 0 Å². The minimum Gasteiger partial charge on any atom is -0.454 e. The topological polar surface area (TPSA) is 42.9 Å². The van der Waals surface area contributed by atoms with Crippen LogP contribution in [0.3, 0.4) is 0 Å². The summed E-state index contributed by atoms with van der Waals surface area (Å²) in [7, 11) is 0.